The Morgan fingerprint density at radius 3 is 2.67 bits per heavy atom. The number of aryl methyl sites for hydroxylation is 1. The van der Waals surface area contributed by atoms with E-state index in [0.717, 1.165) is 42.1 Å². The third-order valence-electron chi connectivity index (χ3n) is 4.38. The van der Waals surface area contributed by atoms with Gasteiger partial charge in [-0.05, 0) is 25.0 Å². The first-order valence-electron chi connectivity index (χ1n) is 8.13. The van der Waals surface area contributed by atoms with Crippen molar-refractivity contribution in [3.05, 3.63) is 24.3 Å². The smallest absolute Gasteiger partial charge is 0.230 e. The molecule has 24 heavy (non-hydrogen) atoms. The van der Waals surface area contributed by atoms with Gasteiger partial charge in [-0.15, -0.1) is 0 Å². The molecule has 1 aliphatic rings. The predicted octanol–water partition coefficient (Wildman–Crippen LogP) is 1.79. The number of hydrogen-bond acceptors (Lipinski definition) is 4. The molecule has 1 saturated heterocycles. The Bertz CT molecular complexity index is 750. The average Bonchev–Trinajstić information content (AvgIpc) is 2.90. The summed E-state index contributed by atoms with van der Waals surface area (Å²) in [5.41, 5.74) is 2.01. The molecular weight excluding hydrogens is 324 g/mol. The summed E-state index contributed by atoms with van der Waals surface area (Å²) >= 11 is 1.45. The minimum atomic E-state index is 0.0216. The van der Waals surface area contributed by atoms with Crippen LogP contribution in [0.2, 0.25) is 0 Å². The van der Waals surface area contributed by atoms with Gasteiger partial charge in [-0.2, -0.15) is 0 Å². The maximum absolute atomic E-state index is 12.2. The second-order valence-corrected chi connectivity index (χ2v) is 7.02. The number of nitrogens with one attached hydrogen (secondary N) is 1. The van der Waals surface area contributed by atoms with Crippen LogP contribution in [-0.2, 0) is 16.6 Å². The Morgan fingerprint density at radius 1 is 1.29 bits per heavy atom. The van der Waals surface area contributed by atoms with E-state index in [1.54, 1.807) is 6.92 Å². The minimum absolute atomic E-state index is 0.0216. The second kappa shape index (κ2) is 7.25. The Hall–Kier alpha value is -2.02. The lowest BCUT2D eigenvalue weighted by Gasteiger charge is -2.31. The predicted molar refractivity (Wildman–Crippen MR) is 94.9 cm³/mol. The van der Waals surface area contributed by atoms with Crippen molar-refractivity contribution in [3.63, 3.8) is 0 Å². The molecule has 0 saturated carbocycles. The van der Waals surface area contributed by atoms with Crippen LogP contribution in [0.4, 0.5) is 0 Å². The third kappa shape index (κ3) is 3.72. The molecule has 7 heteroatoms. The lowest BCUT2D eigenvalue weighted by atomic mass is 10.1. The number of thioether (sulfide) groups is 1. The minimum Gasteiger partial charge on any atom is -0.353 e. The van der Waals surface area contributed by atoms with E-state index in [2.05, 4.69) is 10.3 Å². The molecule has 0 aliphatic carbocycles. The van der Waals surface area contributed by atoms with Crippen molar-refractivity contribution in [2.24, 2.45) is 7.05 Å². The zero-order valence-electron chi connectivity index (χ0n) is 14.0. The topological polar surface area (TPSA) is 67.2 Å². The van der Waals surface area contributed by atoms with Crippen molar-refractivity contribution in [2.45, 2.75) is 31.0 Å². The SMILES string of the molecule is CC(=O)N1CCC(NC(=O)CSc2nc3ccccc3n2C)CC1. The van der Waals surface area contributed by atoms with Crippen LogP contribution in [0.5, 0.6) is 0 Å². The first kappa shape index (κ1) is 16.8. The summed E-state index contributed by atoms with van der Waals surface area (Å²) in [4.78, 5) is 29.9. The summed E-state index contributed by atoms with van der Waals surface area (Å²) in [5.74, 6) is 0.481. The van der Waals surface area contributed by atoms with Crippen molar-refractivity contribution >= 4 is 34.6 Å². The van der Waals surface area contributed by atoms with Crippen LogP contribution in [0, 0.1) is 0 Å². The van der Waals surface area contributed by atoms with E-state index >= 15 is 0 Å². The van der Waals surface area contributed by atoms with Gasteiger partial charge >= 0.3 is 0 Å². The van der Waals surface area contributed by atoms with Gasteiger partial charge in [-0.1, -0.05) is 23.9 Å². The number of piperidine rings is 1. The van der Waals surface area contributed by atoms with Crippen molar-refractivity contribution in [1.82, 2.24) is 19.8 Å². The quantitative estimate of drug-likeness (QED) is 0.857. The Labute approximate surface area is 145 Å². The fraction of sp³-hybridized carbons (Fsp3) is 0.471. The molecule has 0 atom stereocenters. The highest BCUT2D eigenvalue weighted by Gasteiger charge is 2.22. The molecule has 3 rings (SSSR count). The molecule has 0 bridgehead atoms. The Balaban J connectivity index is 1.50. The second-order valence-electron chi connectivity index (χ2n) is 6.08. The lowest BCUT2D eigenvalue weighted by molar-refractivity contribution is -0.130. The first-order valence-corrected chi connectivity index (χ1v) is 9.12. The van der Waals surface area contributed by atoms with Crippen LogP contribution in [0.25, 0.3) is 11.0 Å². The standard InChI is InChI=1S/C17H22N4O2S/c1-12(22)21-9-7-13(8-10-21)18-16(23)11-24-17-19-14-5-3-4-6-15(14)20(17)2/h3-6,13H,7-11H2,1-2H3,(H,18,23). The number of likely N-dealkylation sites (tertiary alicyclic amines) is 1. The molecule has 1 aromatic heterocycles. The maximum Gasteiger partial charge on any atom is 0.230 e. The third-order valence-corrected chi connectivity index (χ3v) is 5.41. The van der Waals surface area contributed by atoms with Gasteiger partial charge in [0.1, 0.15) is 0 Å². The Kier molecular flexibility index (Phi) is 5.08. The molecule has 6 nitrogen and oxygen atoms in total. The van der Waals surface area contributed by atoms with Crippen molar-refractivity contribution in [2.75, 3.05) is 18.8 Å². The number of amides is 2. The van der Waals surface area contributed by atoms with Crippen LogP contribution >= 0.6 is 11.8 Å². The molecule has 0 unspecified atom stereocenters. The van der Waals surface area contributed by atoms with Gasteiger partial charge in [0.15, 0.2) is 5.16 Å². The van der Waals surface area contributed by atoms with E-state index in [-0.39, 0.29) is 17.9 Å². The number of carbonyl (C=O) groups excluding carboxylic acids is 2. The van der Waals surface area contributed by atoms with Crippen molar-refractivity contribution < 1.29 is 9.59 Å². The molecular formula is C17H22N4O2S. The highest BCUT2D eigenvalue weighted by molar-refractivity contribution is 7.99. The van der Waals surface area contributed by atoms with Gasteiger partial charge in [0.2, 0.25) is 11.8 Å². The molecule has 1 N–H and O–H groups in total. The maximum atomic E-state index is 12.2. The number of rotatable bonds is 4. The number of fused-ring (bicyclic) bond motifs is 1. The fourth-order valence-corrected chi connectivity index (χ4v) is 3.79. The van der Waals surface area contributed by atoms with Crippen LogP contribution in [-0.4, -0.2) is 51.1 Å². The van der Waals surface area contributed by atoms with Crippen molar-refractivity contribution in [3.8, 4) is 0 Å². The normalized spacial score (nSPS) is 15.7. The Morgan fingerprint density at radius 2 is 2.00 bits per heavy atom. The van der Waals surface area contributed by atoms with Gasteiger partial charge in [0, 0.05) is 33.1 Å². The van der Waals surface area contributed by atoms with E-state index in [0.29, 0.717) is 5.75 Å². The number of aromatic nitrogens is 2. The summed E-state index contributed by atoms with van der Waals surface area (Å²) < 4.78 is 2.01. The first-order chi connectivity index (χ1) is 11.5. The average molecular weight is 346 g/mol. The highest BCUT2D eigenvalue weighted by atomic mass is 32.2. The number of carbonyl (C=O) groups is 2. The number of imidazole rings is 1. The molecule has 1 fully saturated rings. The molecule has 2 aromatic rings. The molecule has 2 amide bonds. The van der Waals surface area contributed by atoms with Crippen LogP contribution in [0.15, 0.2) is 29.4 Å². The molecule has 0 spiro atoms. The highest BCUT2D eigenvalue weighted by Crippen LogP contribution is 2.22. The van der Waals surface area contributed by atoms with E-state index < -0.39 is 0 Å². The van der Waals surface area contributed by atoms with E-state index in [1.807, 2.05) is 40.8 Å². The van der Waals surface area contributed by atoms with Crippen molar-refractivity contribution in [1.29, 1.82) is 0 Å². The summed E-state index contributed by atoms with van der Waals surface area (Å²) in [7, 11) is 1.97. The van der Waals surface area contributed by atoms with Gasteiger partial charge in [-0.3, -0.25) is 9.59 Å². The number of nitrogens with zero attached hydrogens (tertiary/aromatic N) is 3. The summed E-state index contributed by atoms with van der Waals surface area (Å²) in [6, 6.07) is 8.11. The van der Waals surface area contributed by atoms with Crippen LogP contribution in [0.1, 0.15) is 19.8 Å². The molecule has 1 aliphatic heterocycles. The summed E-state index contributed by atoms with van der Waals surface area (Å²) in [5, 5.41) is 3.91. The zero-order chi connectivity index (χ0) is 17.1. The molecule has 0 radical (unpaired) electrons. The number of para-hydroxylation sites is 2. The van der Waals surface area contributed by atoms with E-state index in [4.69, 9.17) is 0 Å². The van der Waals surface area contributed by atoms with Gasteiger partial charge in [-0.25, -0.2) is 4.98 Å². The zero-order valence-corrected chi connectivity index (χ0v) is 14.8. The summed E-state index contributed by atoms with van der Waals surface area (Å²) in [6.45, 7) is 3.03. The summed E-state index contributed by atoms with van der Waals surface area (Å²) in [6.07, 6.45) is 1.64. The molecule has 1 aromatic carbocycles. The lowest BCUT2D eigenvalue weighted by Crippen LogP contribution is -2.46. The van der Waals surface area contributed by atoms with Crippen LogP contribution in [0.3, 0.4) is 0 Å². The number of benzene rings is 1. The van der Waals surface area contributed by atoms with Crippen LogP contribution < -0.4 is 5.32 Å². The molecule has 2 heterocycles. The van der Waals surface area contributed by atoms with E-state index in [9.17, 15) is 9.59 Å². The fourth-order valence-electron chi connectivity index (χ4n) is 2.99. The van der Waals surface area contributed by atoms with Gasteiger partial charge in [0.05, 0.1) is 16.8 Å². The molecule has 128 valence electrons. The van der Waals surface area contributed by atoms with Gasteiger partial charge in [0.25, 0.3) is 0 Å². The number of hydrogen-bond donors (Lipinski definition) is 1. The van der Waals surface area contributed by atoms with Gasteiger partial charge < -0.3 is 14.8 Å². The largest absolute Gasteiger partial charge is 0.353 e. The van der Waals surface area contributed by atoms with E-state index in [1.165, 1.54) is 11.8 Å². The monoisotopic (exact) mass is 346 g/mol.